The predicted molar refractivity (Wildman–Crippen MR) is 84.1 cm³/mol. The number of nitrogen functional groups attached to an aromatic ring is 1. The first-order valence-electron chi connectivity index (χ1n) is 6.12. The number of anilines is 2. The highest BCUT2D eigenvalue weighted by Crippen LogP contribution is 2.27. The maximum atomic E-state index is 12.2. The van der Waals surface area contributed by atoms with Crippen LogP contribution in [0.4, 0.5) is 11.4 Å². The summed E-state index contributed by atoms with van der Waals surface area (Å²) < 4.78 is 0.734. The van der Waals surface area contributed by atoms with Gasteiger partial charge in [0.15, 0.2) is 5.69 Å². The predicted octanol–water partition coefficient (Wildman–Crippen LogP) is 3.61. The summed E-state index contributed by atoms with van der Waals surface area (Å²) >= 11 is 9.25. The summed E-state index contributed by atoms with van der Waals surface area (Å²) in [5.74, 6) is -0.371. The number of carbonyl (C=O) groups is 1. The van der Waals surface area contributed by atoms with Crippen LogP contribution in [-0.2, 0) is 6.42 Å². The summed E-state index contributed by atoms with van der Waals surface area (Å²) in [5, 5.41) is 10.0. The number of halogens is 2. The van der Waals surface area contributed by atoms with Gasteiger partial charge in [-0.3, -0.25) is 9.89 Å². The molecule has 4 N–H and O–H groups in total. The molecule has 0 aliphatic heterocycles. The lowest BCUT2D eigenvalue weighted by Gasteiger charge is -2.07. The number of amides is 1. The van der Waals surface area contributed by atoms with E-state index in [2.05, 4.69) is 31.4 Å². The van der Waals surface area contributed by atoms with Crippen LogP contribution >= 0.6 is 27.5 Å². The fraction of sp³-hybridized carbons (Fsp3) is 0.231. The monoisotopic (exact) mass is 356 g/mol. The molecule has 1 heterocycles. The van der Waals surface area contributed by atoms with Gasteiger partial charge >= 0.3 is 0 Å². The van der Waals surface area contributed by atoms with Gasteiger partial charge < -0.3 is 11.1 Å². The van der Waals surface area contributed by atoms with Gasteiger partial charge in [0, 0.05) is 9.50 Å². The van der Waals surface area contributed by atoms with E-state index >= 15 is 0 Å². The molecule has 0 saturated heterocycles. The third kappa shape index (κ3) is 3.13. The quantitative estimate of drug-likeness (QED) is 0.781. The summed E-state index contributed by atoms with van der Waals surface area (Å²) in [6.07, 6.45) is 1.68. The molecule has 0 fully saturated rings. The molecule has 1 aromatic carbocycles. The molecular weight excluding hydrogens is 344 g/mol. The van der Waals surface area contributed by atoms with Gasteiger partial charge in [0.1, 0.15) is 0 Å². The Kier molecular flexibility index (Phi) is 4.67. The number of rotatable bonds is 4. The number of hydrogen-bond acceptors (Lipinski definition) is 3. The minimum absolute atomic E-state index is 0.195. The number of aryl methyl sites for hydroxylation is 1. The van der Waals surface area contributed by atoms with Crippen molar-refractivity contribution in [1.29, 1.82) is 0 Å². The molecular formula is C13H14BrClN4O. The Balaban J connectivity index is 2.22. The topological polar surface area (TPSA) is 83.8 Å². The molecule has 0 aliphatic rings. The number of nitrogens with zero attached hydrogens (tertiary/aromatic N) is 1. The Morgan fingerprint density at radius 1 is 1.55 bits per heavy atom. The lowest BCUT2D eigenvalue weighted by molar-refractivity contribution is 0.102. The van der Waals surface area contributed by atoms with Crippen molar-refractivity contribution in [2.24, 2.45) is 0 Å². The normalized spacial score (nSPS) is 10.6. The molecule has 2 rings (SSSR count). The van der Waals surface area contributed by atoms with Gasteiger partial charge in [-0.25, -0.2) is 0 Å². The third-order valence-corrected chi connectivity index (χ3v) is 3.70. The Hall–Kier alpha value is -1.53. The highest BCUT2D eigenvalue weighted by Gasteiger charge is 2.17. The van der Waals surface area contributed by atoms with Crippen molar-refractivity contribution < 1.29 is 4.79 Å². The van der Waals surface area contributed by atoms with E-state index in [0.717, 1.165) is 23.0 Å². The van der Waals surface area contributed by atoms with Crippen LogP contribution in [0, 0.1) is 0 Å². The van der Waals surface area contributed by atoms with Gasteiger partial charge in [0.25, 0.3) is 5.91 Å². The zero-order valence-electron chi connectivity index (χ0n) is 10.8. The fourth-order valence-electron chi connectivity index (χ4n) is 1.78. The molecule has 0 atom stereocenters. The summed E-state index contributed by atoms with van der Waals surface area (Å²) in [4.78, 5) is 12.2. The van der Waals surface area contributed by atoms with E-state index < -0.39 is 0 Å². The van der Waals surface area contributed by atoms with Crippen LogP contribution in [-0.4, -0.2) is 16.1 Å². The van der Waals surface area contributed by atoms with Crippen LogP contribution in [0.25, 0.3) is 0 Å². The molecule has 0 unspecified atom stereocenters. The fourth-order valence-corrected chi connectivity index (χ4v) is 2.29. The van der Waals surface area contributed by atoms with E-state index in [1.165, 1.54) is 0 Å². The molecule has 0 spiro atoms. The maximum absolute atomic E-state index is 12.2. The smallest absolute Gasteiger partial charge is 0.278 e. The lowest BCUT2D eigenvalue weighted by Crippen LogP contribution is -2.14. The minimum Gasteiger partial charge on any atom is -0.395 e. The molecule has 1 aromatic heterocycles. The van der Waals surface area contributed by atoms with Gasteiger partial charge in [-0.15, -0.1) is 0 Å². The van der Waals surface area contributed by atoms with Gasteiger partial charge in [0.2, 0.25) is 0 Å². The zero-order chi connectivity index (χ0) is 14.7. The molecule has 2 aromatic rings. The van der Waals surface area contributed by atoms with Gasteiger partial charge in [-0.1, -0.05) is 24.9 Å². The number of aromatic nitrogens is 2. The van der Waals surface area contributed by atoms with Crippen LogP contribution in [0.1, 0.15) is 29.5 Å². The minimum atomic E-state index is -0.371. The number of nitrogens with one attached hydrogen (secondary N) is 2. The average molecular weight is 358 g/mol. The van der Waals surface area contributed by atoms with E-state index in [1.54, 1.807) is 18.2 Å². The van der Waals surface area contributed by atoms with Crippen molar-refractivity contribution in [2.45, 2.75) is 19.8 Å². The number of H-pyrrole nitrogens is 1. The highest BCUT2D eigenvalue weighted by molar-refractivity contribution is 9.10. The molecule has 0 aliphatic carbocycles. The van der Waals surface area contributed by atoms with Crippen molar-refractivity contribution in [3.63, 3.8) is 0 Å². The van der Waals surface area contributed by atoms with Gasteiger partial charge in [-0.2, -0.15) is 5.10 Å². The first-order chi connectivity index (χ1) is 9.52. The van der Waals surface area contributed by atoms with Crippen LogP contribution in [0.5, 0.6) is 0 Å². The van der Waals surface area contributed by atoms with E-state index in [0.29, 0.717) is 16.4 Å². The maximum Gasteiger partial charge on any atom is 0.278 e. The molecule has 5 nitrogen and oxygen atoms in total. The molecule has 106 valence electrons. The Morgan fingerprint density at radius 2 is 2.30 bits per heavy atom. The van der Waals surface area contributed by atoms with Crippen molar-refractivity contribution in [2.75, 3.05) is 11.1 Å². The van der Waals surface area contributed by atoms with Crippen molar-refractivity contribution in [3.8, 4) is 0 Å². The number of nitrogens with two attached hydrogens (primary N) is 1. The average Bonchev–Trinajstić information content (AvgIpc) is 2.76. The van der Waals surface area contributed by atoms with Gasteiger partial charge in [0.05, 0.1) is 17.1 Å². The first kappa shape index (κ1) is 14.9. The van der Waals surface area contributed by atoms with Crippen LogP contribution in [0.2, 0.25) is 5.02 Å². The molecule has 0 radical (unpaired) electrons. The van der Waals surface area contributed by atoms with Crippen molar-refractivity contribution in [1.82, 2.24) is 10.2 Å². The Bertz CT molecular complexity index is 641. The Morgan fingerprint density at radius 3 is 3.00 bits per heavy atom. The largest absolute Gasteiger partial charge is 0.395 e. The highest BCUT2D eigenvalue weighted by atomic mass is 79.9. The number of hydrogen-bond donors (Lipinski definition) is 3. The van der Waals surface area contributed by atoms with E-state index in [-0.39, 0.29) is 11.6 Å². The summed E-state index contributed by atoms with van der Waals surface area (Å²) in [5.41, 5.74) is 7.86. The zero-order valence-corrected chi connectivity index (χ0v) is 13.2. The van der Waals surface area contributed by atoms with E-state index in [1.807, 2.05) is 6.92 Å². The molecule has 7 heteroatoms. The van der Waals surface area contributed by atoms with Crippen molar-refractivity contribution in [3.05, 3.63) is 39.1 Å². The molecule has 20 heavy (non-hydrogen) atoms. The summed E-state index contributed by atoms with van der Waals surface area (Å²) in [6.45, 7) is 2.03. The SMILES string of the molecule is CCCc1[nH]nc(C(=O)Nc2cc(Cl)ccc2Br)c1N. The van der Waals surface area contributed by atoms with Crippen LogP contribution in [0.3, 0.4) is 0 Å². The number of benzene rings is 1. The van der Waals surface area contributed by atoms with Crippen molar-refractivity contribution >= 4 is 44.8 Å². The van der Waals surface area contributed by atoms with Crippen LogP contribution in [0.15, 0.2) is 22.7 Å². The van der Waals surface area contributed by atoms with E-state index in [9.17, 15) is 4.79 Å². The number of carbonyl (C=O) groups excluding carboxylic acids is 1. The molecule has 0 bridgehead atoms. The molecule has 1 amide bonds. The first-order valence-corrected chi connectivity index (χ1v) is 7.29. The second-order valence-electron chi connectivity index (χ2n) is 4.29. The number of aromatic amines is 1. The summed E-state index contributed by atoms with van der Waals surface area (Å²) in [6, 6.07) is 5.14. The second kappa shape index (κ2) is 6.28. The Labute approximate surface area is 130 Å². The summed E-state index contributed by atoms with van der Waals surface area (Å²) in [7, 11) is 0. The molecule has 0 saturated carbocycles. The standard InChI is InChI=1S/C13H14BrClN4O/c1-2-3-9-11(16)12(19-18-9)13(20)17-10-6-7(15)4-5-8(10)14/h4-6H,2-3,16H2,1H3,(H,17,20)(H,18,19). The second-order valence-corrected chi connectivity index (χ2v) is 5.58. The van der Waals surface area contributed by atoms with Gasteiger partial charge in [-0.05, 0) is 40.5 Å². The third-order valence-electron chi connectivity index (χ3n) is 2.77. The van der Waals surface area contributed by atoms with Crippen LogP contribution < -0.4 is 11.1 Å². The lowest BCUT2D eigenvalue weighted by atomic mass is 10.2. The van der Waals surface area contributed by atoms with E-state index in [4.69, 9.17) is 17.3 Å².